The van der Waals surface area contributed by atoms with Gasteiger partial charge in [0, 0.05) is 30.1 Å². The quantitative estimate of drug-likeness (QED) is 0.682. The topological polar surface area (TPSA) is 84.9 Å². The average molecular weight is 449 g/mol. The first-order chi connectivity index (χ1) is 14.5. The minimum atomic E-state index is -3.51. The maximum absolute atomic E-state index is 12.7. The van der Waals surface area contributed by atoms with E-state index in [2.05, 4.69) is 5.32 Å². The van der Waals surface area contributed by atoms with Crippen molar-refractivity contribution in [3.05, 3.63) is 42.5 Å². The van der Waals surface area contributed by atoms with Crippen LogP contribution in [0.1, 0.15) is 19.3 Å². The zero-order valence-electron chi connectivity index (χ0n) is 16.5. The first-order valence-corrected chi connectivity index (χ1v) is 12.4. The maximum atomic E-state index is 12.7. The highest BCUT2D eigenvalue weighted by Crippen LogP contribution is 2.34. The maximum Gasteiger partial charge on any atom is 0.243 e. The number of carbonyl (C=O) groups is 1. The summed E-state index contributed by atoms with van der Waals surface area (Å²) in [5.74, 6) is 1.40. The Kier molecular flexibility index (Phi) is 6.50. The van der Waals surface area contributed by atoms with Crippen molar-refractivity contribution < 1.29 is 22.7 Å². The fourth-order valence-electron chi connectivity index (χ4n) is 3.39. The molecule has 0 bridgehead atoms. The molecule has 2 heterocycles. The van der Waals surface area contributed by atoms with Gasteiger partial charge in [0.2, 0.25) is 15.9 Å². The number of ether oxygens (including phenoxy) is 2. The molecule has 0 spiro atoms. The Morgan fingerprint density at radius 3 is 2.57 bits per heavy atom. The van der Waals surface area contributed by atoms with Gasteiger partial charge in [0.1, 0.15) is 0 Å². The molecule has 4 rings (SSSR count). The van der Waals surface area contributed by atoms with Crippen molar-refractivity contribution in [2.24, 2.45) is 0 Å². The summed E-state index contributed by atoms with van der Waals surface area (Å²) in [5, 5.41) is 2.79. The van der Waals surface area contributed by atoms with Crippen molar-refractivity contribution in [1.29, 1.82) is 0 Å². The van der Waals surface area contributed by atoms with E-state index in [1.54, 1.807) is 18.2 Å². The van der Waals surface area contributed by atoms with Gasteiger partial charge < -0.3 is 14.8 Å². The van der Waals surface area contributed by atoms with Gasteiger partial charge in [-0.3, -0.25) is 4.79 Å². The molecule has 0 saturated carbocycles. The lowest BCUT2D eigenvalue weighted by molar-refractivity contribution is -0.113. The highest BCUT2D eigenvalue weighted by atomic mass is 32.2. The molecule has 1 N–H and O–H groups in total. The van der Waals surface area contributed by atoms with Crippen molar-refractivity contribution >= 4 is 33.4 Å². The number of sulfonamides is 1. The summed E-state index contributed by atoms with van der Waals surface area (Å²) >= 11 is 1.38. The van der Waals surface area contributed by atoms with Crippen LogP contribution in [0.2, 0.25) is 0 Å². The van der Waals surface area contributed by atoms with Crippen LogP contribution in [0.25, 0.3) is 0 Å². The summed E-state index contributed by atoms with van der Waals surface area (Å²) in [6.07, 6.45) is 2.60. The Labute approximate surface area is 180 Å². The molecule has 2 aliphatic rings. The Bertz CT molecular complexity index is 1020. The lowest BCUT2D eigenvalue weighted by Crippen LogP contribution is -2.28. The third-order valence-electron chi connectivity index (χ3n) is 4.91. The normalized spacial score (nSPS) is 16.8. The van der Waals surface area contributed by atoms with Gasteiger partial charge in [0.25, 0.3) is 0 Å². The largest absolute Gasteiger partial charge is 0.490 e. The Balaban J connectivity index is 1.37. The molecule has 0 atom stereocenters. The van der Waals surface area contributed by atoms with Gasteiger partial charge in [-0.1, -0.05) is 6.07 Å². The third-order valence-corrected chi connectivity index (χ3v) is 7.80. The highest BCUT2D eigenvalue weighted by Gasteiger charge is 2.27. The number of nitrogens with one attached hydrogen (secondary N) is 1. The van der Waals surface area contributed by atoms with Crippen LogP contribution >= 0.6 is 11.8 Å². The highest BCUT2D eigenvalue weighted by molar-refractivity contribution is 8.00. The van der Waals surface area contributed by atoms with Crippen LogP contribution in [-0.4, -0.2) is 50.7 Å². The summed E-state index contributed by atoms with van der Waals surface area (Å²) in [6.45, 7) is 2.34. The number of thioether (sulfide) groups is 1. The van der Waals surface area contributed by atoms with E-state index in [0.29, 0.717) is 37.7 Å². The Hall–Kier alpha value is -2.23. The molecule has 1 saturated heterocycles. The standard InChI is InChI=1S/C21H24N2O5S2/c24-21(15-29-17-7-8-19-20(14-17)28-12-4-11-27-19)22-16-5-3-6-18(13-16)30(25,26)23-9-1-2-10-23/h3,5-8,13-14H,1-2,4,9-12,15H2,(H,22,24). The lowest BCUT2D eigenvalue weighted by Gasteiger charge is -2.16. The zero-order valence-corrected chi connectivity index (χ0v) is 18.1. The van der Waals surface area contributed by atoms with Gasteiger partial charge >= 0.3 is 0 Å². The summed E-state index contributed by atoms with van der Waals surface area (Å²) in [7, 11) is -3.51. The zero-order chi connectivity index (χ0) is 21.0. The van der Waals surface area contributed by atoms with Gasteiger partial charge in [-0.25, -0.2) is 8.42 Å². The van der Waals surface area contributed by atoms with E-state index in [4.69, 9.17) is 9.47 Å². The number of benzene rings is 2. The number of anilines is 1. The van der Waals surface area contributed by atoms with Gasteiger partial charge in [0.15, 0.2) is 11.5 Å². The average Bonchev–Trinajstić information content (AvgIpc) is 3.20. The molecule has 0 unspecified atom stereocenters. The first kappa shape index (κ1) is 21.0. The van der Waals surface area contributed by atoms with E-state index >= 15 is 0 Å². The molecule has 0 aliphatic carbocycles. The number of carbonyl (C=O) groups excluding carboxylic acids is 1. The van der Waals surface area contributed by atoms with E-state index in [0.717, 1.165) is 29.9 Å². The van der Waals surface area contributed by atoms with E-state index in [9.17, 15) is 13.2 Å². The van der Waals surface area contributed by atoms with E-state index in [1.807, 2.05) is 18.2 Å². The van der Waals surface area contributed by atoms with Crippen LogP contribution in [0.3, 0.4) is 0 Å². The smallest absolute Gasteiger partial charge is 0.243 e. The van der Waals surface area contributed by atoms with Crippen LogP contribution < -0.4 is 14.8 Å². The Morgan fingerprint density at radius 2 is 1.77 bits per heavy atom. The molecular weight excluding hydrogens is 424 g/mol. The second-order valence-corrected chi connectivity index (χ2v) is 10.1. The molecule has 2 aromatic rings. The summed E-state index contributed by atoms with van der Waals surface area (Å²) < 4.78 is 38.2. The number of nitrogens with zero attached hydrogens (tertiary/aromatic N) is 1. The Morgan fingerprint density at radius 1 is 1.00 bits per heavy atom. The molecule has 0 radical (unpaired) electrons. The number of rotatable bonds is 6. The van der Waals surface area contributed by atoms with Crippen molar-refractivity contribution in [2.45, 2.75) is 29.1 Å². The van der Waals surface area contributed by atoms with Gasteiger partial charge in [-0.05, 0) is 49.2 Å². The summed E-state index contributed by atoms with van der Waals surface area (Å²) in [5.41, 5.74) is 0.472. The molecule has 30 heavy (non-hydrogen) atoms. The minimum Gasteiger partial charge on any atom is -0.490 e. The molecule has 9 heteroatoms. The SMILES string of the molecule is O=C(CSc1ccc2c(c1)OCCCO2)Nc1cccc(S(=O)(=O)N2CCCC2)c1. The molecule has 1 fully saturated rings. The van der Waals surface area contributed by atoms with Crippen LogP contribution in [0.5, 0.6) is 11.5 Å². The fourth-order valence-corrected chi connectivity index (χ4v) is 5.68. The number of amides is 1. The molecule has 0 aromatic heterocycles. The molecule has 160 valence electrons. The van der Waals surface area contributed by atoms with E-state index < -0.39 is 10.0 Å². The number of fused-ring (bicyclic) bond motifs is 1. The predicted octanol–water partition coefficient (Wildman–Crippen LogP) is 3.36. The lowest BCUT2D eigenvalue weighted by atomic mass is 10.3. The van der Waals surface area contributed by atoms with Crippen LogP contribution in [0.4, 0.5) is 5.69 Å². The molecule has 1 amide bonds. The number of hydrogen-bond acceptors (Lipinski definition) is 6. The predicted molar refractivity (Wildman–Crippen MR) is 116 cm³/mol. The number of hydrogen-bond donors (Lipinski definition) is 1. The van der Waals surface area contributed by atoms with Crippen molar-refractivity contribution in [2.75, 3.05) is 37.4 Å². The third kappa shape index (κ3) is 4.91. The molecule has 2 aromatic carbocycles. The van der Waals surface area contributed by atoms with Crippen LogP contribution in [-0.2, 0) is 14.8 Å². The van der Waals surface area contributed by atoms with Gasteiger partial charge in [-0.2, -0.15) is 4.31 Å². The molecule has 7 nitrogen and oxygen atoms in total. The molecular formula is C21H24N2O5S2. The second-order valence-electron chi connectivity index (χ2n) is 7.13. The van der Waals surface area contributed by atoms with Crippen LogP contribution in [0.15, 0.2) is 52.3 Å². The monoisotopic (exact) mass is 448 g/mol. The van der Waals surface area contributed by atoms with Gasteiger partial charge in [-0.15, -0.1) is 11.8 Å². The van der Waals surface area contributed by atoms with E-state index in [1.165, 1.54) is 22.1 Å². The minimum absolute atomic E-state index is 0.197. The fraction of sp³-hybridized carbons (Fsp3) is 0.381. The molecule has 2 aliphatic heterocycles. The van der Waals surface area contributed by atoms with Crippen LogP contribution in [0, 0.1) is 0 Å². The van der Waals surface area contributed by atoms with Crippen molar-refractivity contribution in [3.8, 4) is 11.5 Å². The van der Waals surface area contributed by atoms with E-state index in [-0.39, 0.29) is 16.6 Å². The summed E-state index contributed by atoms with van der Waals surface area (Å²) in [6, 6.07) is 12.1. The van der Waals surface area contributed by atoms with Gasteiger partial charge in [0.05, 0.1) is 23.9 Å². The first-order valence-electron chi connectivity index (χ1n) is 9.95. The summed E-state index contributed by atoms with van der Waals surface area (Å²) in [4.78, 5) is 13.5. The van der Waals surface area contributed by atoms with Crippen molar-refractivity contribution in [3.63, 3.8) is 0 Å². The van der Waals surface area contributed by atoms with Crippen molar-refractivity contribution in [1.82, 2.24) is 4.31 Å². The second kappa shape index (κ2) is 9.28.